The zero-order valence-corrected chi connectivity index (χ0v) is 11.2. The van der Waals surface area contributed by atoms with Gasteiger partial charge >= 0.3 is 5.97 Å². The average molecular weight is 283 g/mol. The first-order valence-electron chi connectivity index (χ1n) is 5.57. The molecule has 0 radical (unpaired) electrons. The van der Waals surface area contributed by atoms with Crippen molar-refractivity contribution in [2.24, 2.45) is 0 Å². The Morgan fingerprint density at radius 1 is 1.53 bits per heavy atom. The molecule has 4 nitrogen and oxygen atoms in total. The van der Waals surface area contributed by atoms with Gasteiger partial charge in [-0.1, -0.05) is 17.7 Å². The molecule has 0 saturated heterocycles. The second-order valence-electron chi connectivity index (χ2n) is 4.00. The molecule has 0 atom stereocenters. The van der Waals surface area contributed by atoms with Crippen molar-refractivity contribution in [1.82, 2.24) is 9.55 Å². The smallest absolute Gasteiger partial charge is 0.356 e. The fourth-order valence-corrected chi connectivity index (χ4v) is 1.91. The van der Waals surface area contributed by atoms with Crippen molar-refractivity contribution in [2.45, 2.75) is 13.5 Å². The van der Waals surface area contributed by atoms with Crippen LogP contribution in [0.2, 0.25) is 5.02 Å². The van der Waals surface area contributed by atoms with Gasteiger partial charge in [0.05, 0.1) is 19.9 Å². The Labute approximate surface area is 114 Å². The van der Waals surface area contributed by atoms with Gasteiger partial charge in [-0.3, -0.25) is 0 Å². The standard InChI is InChI=1S/C13H12ClFN2O2/c1-8-16-6-12(13(18)19-2)17(8)7-9-3-4-10(14)5-11(9)15/h3-6H,7H2,1-2H3. The van der Waals surface area contributed by atoms with Crippen molar-refractivity contribution in [3.05, 3.63) is 52.3 Å². The summed E-state index contributed by atoms with van der Waals surface area (Å²) in [5, 5.41) is 0.330. The molecule has 0 unspecified atom stereocenters. The molecular weight excluding hydrogens is 271 g/mol. The van der Waals surface area contributed by atoms with E-state index in [-0.39, 0.29) is 12.2 Å². The molecule has 1 aromatic carbocycles. The molecule has 6 heteroatoms. The molecule has 1 heterocycles. The number of halogens is 2. The van der Waals surface area contributed by atoms with Gasteiger partial charge in [-0.25, -0.2) is 14.2 Å². The van der Waals surface area contributed by atoms with E-state index in [9.17, 15) is 9.18 Å². The van der Waals surface area contributed by atoms with Gasteiger partial charge in [0.25, 0.3) is 0 Å². The van der Waals surface area contributed by atoms with Crippen molar-refractivity contribution >= 4 is 17.6 Å². The van der Waals surface area contributed by atoms with Gasteiger partial charge in [0.2, 0.25) is 0 Å². The number of aryl methyl sites for hydroxylation is 1. The minimum absolute atomic E-state index is 0.194. The van der Waals surface area contributed by atoms with E-state index in [1.54, 1.807) is 23.6 Å². The molecule has 0 aliphatic heterocycles. The van der Waals surface area contributed by atoms with E-state index < -0.39 is 11.8 Å². The molecule has 100 valence electrons. The maximum atomic E-state index is 13.8. The van der Waals surface area contributed by atoms with E-state index in [4.69, 9.17) is 11.6 Å². The van der Waals surface area contributed by atoms with Crippen LogP contribution >= 0.6 is 11.6 Å². The number of hydrogen-bond donors (Lipinski definition) is 0. The van der Waals surface area contributed by atoms with Crippen LogP contribution in [0, 0.1) is 12.7 Å². The molecule has 0 spiro atoms. The predicted molar refractivity (Wildman–Crippen MR) is 68.8 cm³/mol. The Morgan fingerprint density at radius 3 is 2.89 bits per heavy atom. The normalized spacial score (nSPS) is 10.5. The highest BCUT2D eigenvalue weighted by atomic mass is 35.5. The SMILES string of the molecule is COC(=O)c1cnc(C)n1Cc1ccc(Cl)cc1F. The zero-order valence-electron chi connectivity index (χ0n) is 10.5. The van der Waals surface area contributed by atoms with Crippen LogP contribution in [0.1, 0.15) is 21.9 Å². The maximum Gasteiger partial charge on any atom is 0.356 e. The minimum atomic E-state index is -0.505. The van der Waals surface area contributed by atoms with Crippen LogP contribution in [0.25, 0.3) is 0 Å². The molecule has 0 aliphatic carbocycles. The second-order valence-corrected chi connectivity index (χ2v) is 4.44. The molecule has 1 aromatic heterocycles. The Bertz CT molecular complexity index is 625. The van der Waals surface area contributed by atoms with Gasteiger partial charge in [-0.15, -0.1) is 0 Å². The van der Waals surface area contributed by atoms with Crippen LogP contribution in [-0.4, -0.2) is 22.6 Å². The molecule has 0 N–H and O–H groups in total. The summed E-state index contributed by atoms with van der Waals surface area (Å²) in [5.41, 5.74) is 0.713. The lowest BCUT2D eigenvalue weighted by molar-refractivity contribution is 0.0588. The summed E-state index contributed by atoms with van der Waals surface area (Å²) in [4.78, 5) is 15.6. The van der Waals surface area contributed by atoms with Crippen molar-refractivity contribution < 1.29 is 13.9 Å². The fraction of sp³-hybridized carbons (Fsp3) is 0.231. The number of carbonyl (C=O) groups excluding carboxylic acids is 1. The molecule has 2 aromatic rings. The summed E-state index contributed by atoms with van der Waals surface area (Å²) in [7, 11) is 1.29. The van der Waals surface area contributed by atoms with Crippen LogP contribution in [0.4, 0.5) is 4.39 Å². The van der Waals surface area contributed by atoms with Crippen LogP contribution < -0.4 is 0 Å². The lowest BCUT2D eigenvalue weighted by Crippen LogP contribution is -2.13. The molecule has 0 fully saturated rings. The predicted octanol–water partition coefficient (Wildman–Crippen LogP) is 2.82. The van der Waals surface area contributed by atoms with Gasteiger partial charge in [0.1, 0.15) is 17.3 Å². The number of esters is 1. The van der Waals surface area contributed by atoms with Gasteiger partial charge in [0.15, 0.2) is 0 Å². The highest BCUT2D eigenvalue weighted by Crippen LogP contribution is 2.17. The first kappa shape index (κ1) is 13.5. The first-order valence-corrected chi connectivity index (χ1v) is 5.95. The van der Waals surface area contributed by atoms with E-state index in [0.29, 0.717) is 16.4 Å². The van der Waals surface area contributed by atoms with Crippen LogP contribution in [0.5, 0.6) is 0 Å². The number of imidazole rings is 1. The summed E-state index contributed by atoms with van der Waals surface area (Å²) in [6.45, 7) is 1.93. The summed E-state index contributed by atoms with van der Waals surface area (Å²) >= 11 is 5.70. The summed E-state index contributed by atoms with van der Waals surface area (Å²) in [5.74, 6) is -0.318. The number of carbonyl (C=O) groups is 1. The third kappa shape index (κ3) is 2.76. The van der Waals surface area contributed by atoms with Gasteiger partial charge in [0, 0.05) is 10.6 Å². The van der Waals surface area contributed by atoms with Crippen LogP contribution in [0.3, 0.4) is 0 Å². The van der Waals surface area contributed by atoms with E-state index in [2.05, 4.69) is 9.72 Å². The lowest BCUT2D eigenvalue weighted by Gasteiger charge is -2.10. The Kier molecular flexibility index (Phi) is 3.85. The number of methoxy groups -OCH3 is 1. The molecule has 0 bridgehead atoms. The number of benzene rings is 1. The van der Waals surface area contributed by atoms with E-state index >= 15 is 0 Å². The molecule has 0 amide bonds. The highest BCUT2D eigenvalue weighted by Gasteiger charge is 2.16. The van der Waals surface area contributed by atoms with Gasteiger partial charge in [-0.05, 0) is 19.1 Å². The first-order chi connectivity index (χ1) is 9.02. The molecule has 0 aliphatic rings. The van der Waals surface area contributed by atoms with Gasteiger partial charge in [-0.2, -0.15) is 0 Å². The maximum absolute atomic E-state index is 13.8. The lowest BCUT2D eigenvalue weighted by atomic mass is 10.2. The number of hydrogen-bond acceptors (Lipinski definition) is 3. The fourth-order valence-electron chi connectivity index (χ4n) is 1.76. The third-order valence-corrected chi connectivity index (χ3v) is 3.03. The van der Waals surface area contributed by atoms with Crippen molar-refractivity contribution in [2.75, 3.05) is 7.11 Å². The Hall–Kier alpha value is -1.88. The van der Waals surface area contributed by atoms with Crippen LogP contribution in [0.15, 0.2) is 24.4 Å². The minimum Gasteiger partial charge on any atom is -0.464 e. The zero-order chi connectivity index (χ0) is 14.0. The third-order valence-electron chi connectivity index (χ3n) is 2.79. The monoisotopic (exact) mass is 282 g/mol. The van der Waals surface area contributed by atoms with E-state index in [0.717, 1.165) is 0 Å². The topological polar surface area (TPSA) is 44.1 Å². The van der Waals surface area contributed by atoms with E-state index in [1.807, 2.05) is 0 Å². The molecule has 19 heavy (non-hydrogen) atoms. The Morgan fingerprint density at radius 2 is 2.26 bits per heavy atom. The highest BCUT2D eigenvalue weighted by molar-refractivity contribution is 6.30. The summed E-state index contributed by atoms with van der Waals surface area (Å²) < 4.78 is 20.0. The van der Waals surface area contributed by atoms with Gasteiger partial charge < -0.3 is 9.30 Å². The van der Waals surface area contributed by atoms with Crippen molar-refractivity contribution in [3.8, 4) is 0 Å². The largest absolute Gasteiger partial charge is 0.464 e. The number of ether oxygens (including phenoxy) is 1. The quantitative estimate of drug-likeness (QED) is 0.813. The second kappa shape index (κ2) is 5.40. The Balaban J connectivity index is 2.38. The molecular formula is C13H12ClFN2O2. The van der Waals surface area contributed by atoms with Crippen molar-refractivity contribution in [3.63, 3.8) is 0 Å². The summed E-state index contributed by atoms with van der Waals surface area (Å²) in [6, 6.07) is 4.42. The molecule has 2 rings (SSSR count). The number of aromatic nitrogens is 2. The number of rotatable bonds is 3. The van der Waals surface area contributed by atoms with Crippen molar-refractivity contribution in [1.29, 1.82) is 0 Å². The summed E-state index contributed by atoms with van der Waals surface area (Å²) in [6.07, 6.45) is 1.41. The van der Waals surface area contributed by atoms with Crippen LogP contribution in [-0.2, 0) is 11.3 Å². The van der Waals surface area contributed by atoms with E-state index in [1.165, 1.54) is 19.4 Å². The average Bonchev–Trinajstić information content (AvgIpc) is 2.73. The number of nitrogens with zero attached hydrogens (tertiary/aromatic N) is 2. The molecule has 0 saturated carbocycles.